The third-order valence-corrected chi connectivity index (χ3v) is 5.88. The highest BCUT2D eigenvalue weighted by Gasteiger charge is 2.53. The van der Waals surface area contributed by atoms with Crippen LogP contribution in [0.15, 0.2) is 59.8 Å². The van der Waals surface area contributed by atoms with E-state index in [1.54, 1.807) is 41.4 Å². The zero-order chi connectivity index (χ0) is 20.0. The molecule has 3 aromatic rings. The summed E-state index contributed by atoms with van der Waals surface area (Å²) in [6.07, 6.45) is 4.97. The molecule has 1 saturated heterocycles. The van der Waals surface area contributed by atoms with Crippen LogP contribution >= 0.6 is 11.6 Å². The predicted molar refractivity (Wildman–Crippen MR) is 111 cm³/mol. The maximum Gasteiger partial charge on any atom is 0.258 e. The second kappa shape index (κ2) is 7.17. The lowest BCUT2D eigenvalue weighted by Crippen LogP contribution is -2.28. The first-order valence-corrected chi connectivity index (χ1v) is 9.89. The number of aromatic nitrogens is 3. The molecule has 0 radical (unpaired) electrons. The summed E-state index contributed by atoms with van der Waals surface area (Å²) in [6.45, 7) is 2.19. The van der Waals surface area contributed by atoms with Gasteiger partial charge in [-0.25, -0.2) is 4.98 Å². The van der Waals surface area contributed by atoms with Crippen LogP contribution < -0.4 is 20.9 Å². The van der Waals surface area contributed by atoms with E-state index < -0.39 is 0 Å². The van der Waals surface area contributed by atoms with Crippen molar-refractivity contribution in [2.45, 2.75) is 12.6 Å². The number of halogens is 1. The molecule has 148 valence electrons. The van der Waals surface area contributed by atoms with Gasteiger partial charge in [-0.2, -0.15) is 0 Å². The van der Waals surface area contributed by atoms with Crippen molar-refractivity contribution >= 4 is 17.4 Å². The maximum absolute atomic E-state index is 12.5. The molecule has 3 aromatic heterocycles. The summed E-state index contributed by atoms with van der Waals surface area (Å²) < 4.78 is 7.20. The van der Waals surface area contributed by atoms with E-state index in [4.69, 9.17) is 22.1 Å². The third kappa shape index (κ3) is 3.59. The van der Waals surface area contributed by atoms with Crippen LogP contribution in [0.2, 0.25) is 5.02 Å². The number of hydrogen-bond acceptors (Lipinski definition) is 6. The van der Waals surface area contributed by atoms with Gasteiger partial charge in [0.25, 0.3) is 5.56 Å². The number of piperidine rings is 1. The molecule has 0 aromatic carbocycles. The van der Waals surface area contributed by atoms with E-state index in [2.05, 4.69) is 14.9 Å². The summed E-state index contributed by atoms with van der Waals surface area (Å²) in [5.41, 5.74) is 7.26. The highest BCUT2D eigenvalue weighted by molar-refractivity contribution is 6.30. The molecule has 1 aliphatic heterocycles. The molecule has 8 heteroatoms. The fourth-order valence-electron chi connectivity index (χ4n) is 3.88. The highest BCUT2D eigenvalue weighted by Crippen LogP contribution is 2.44. The van der Waals surface area contributed by atoms with Crippen LogP contribution in [0.5, 0.6) is 5.75 Å². The molecular formula is C21H20ClN5O2. The van der Waals surface area contributed by atoms with Gasteiger partial charge in [0.15, 0.2) is 0 Å². The molecule has 0 bridgehead atoms. The van der Waals surface area contributed by atoms with Crippen LogP contribution in [0.25, 0.3) is 5.69 Å². The molecule has 1 aliphatic carbocycles. The number of rotatable bonds is 5. The third-order valence-electron chi connectivity index (χ3n) is 5.66. The Labute approximate surface area is 172 Å². The summed E-state index contributed by atoms with van der Waals surface area (Å²) in [6, 6.07) is 11.0. The van der Waals surface area contributed by atoms with Gasteiger partial charge in [0.05, 0.1) is 22.6 Å². The largest absolute Gasteiger partial charge is 0.487 e. The SMILES string of the molecule is NC1C2CN(c3ccc(-n4ccc(OCc5ccc(Cl)cn5)cc4=O)cn3)CC12. The zero-order valence-corrected chi connectivity index (χ0v) is 16.4. The summed E-state index contributed by atoms with van der Waals surface area (Å²) in [5.74, 6) is 2.63. The van der Waals surface area contributed by atoms with Crippen molar-refractivity contribution in [3.63, 3.8) is 0 Å². The Bertz CT molecular complexity index is 1070. The minimum atomic E-state index is -0.186. The molecule has 2 unspecified atom stereocenters. The molecule has 0 spiro atoms. The van der Waals surface area contributed by atoms with E-state index >= 15 is 0 Å². The Morgan fingerprint density at radius 2 is 1.93 bits per heavy atom. The number of ether oxygens (including phenoxy) is 1. The van der Waals surface area contributed by atoms with Crippen LogP contribution in [-0.4, -0.2) is 33.7 Å². The molecule has 5 rings (SSSR count). The summed E-state index contributed by atoms with van der Waals surface area (Å²) in [4.78, 5) is 23.5. The Morgan fingerprint density at radius 3 is 2.59 bits per heavy atom. The monoisotopic (exact) mass is 409 g/mol. The van der Waals surface area contributed by atoms with Crippen molar-refractivity contribution in [2.24, 2.45) is 17.6 Å². The molecule has 2 aliphatic rings. The first kappa shape index (κ1) is 18.1. The minimum Gasteiger partial charge on any atom is -0.487 e. The van der Waals surface area contributed by atoms with E-state index in [1.807, 2.05) is 12.1 Å². The van der Waals surface area contributed by atoms with Crippen molar-refractivity contribution < 1.29 is 4.74 Å². The van der Waals surface area contributed by atoms with Crippen LogP contribution in [-0.2, 0) is 6.61 Å². The number of fused-ring (bicyclic) bond motifs is 1. The zero-order valence-electron chi connectivity index (χ0n) is 15.6. The molecular weight excluding hydrogens is 390 g/mol. The predicted octanol–water partition coefficient (Wildman–Crippen LogP) is 2.25. The molecule has 29 heavy (non-hydrogen) atoms. The van der Waals surface area contributed by atoms with Gasteiger partial charge in [0.2, 0.25) is 0 Å². The Hall–Kier alpha value is -2.90. The van der Waals surface area contributed by atoms with Gasteiger partial charge in [-0.1, -0.05) is 11.6 Å². The average molecular weight is 410 g/mol. The van der Waals surface area contributed by atoms with Gasteiger partial charge in [0.1, 0.15) is 18.2 Å². The molecule has 1 saturated carbocycles. The van der Waals surface area contributed by atoms with Gasteiger partial charge >= 0.3 is 0 Å². The second-order valence-electron chi connectivity index (χ2n) is 7.51. The van der Waals surface area contributed by atoms with E-state index in [0.29, 0.717) is 34.3 Å². The molecule has 2 atom stereocenters. The lowest BCUT2D eigenvalue weighted by molar-refractivity contribution is 0.300. The Morgan fingerprint density at radius 1 is 1.10 bits per heavy atom. The lowest BCUT2D eigenvalue weighted by atomic mass is 10.3. The Kier molecular flexibility index (Phi) is 4.49. The van der Waals surface area contributed by atoms with Crippen LogP contribution in [0.1, 0.15) is 5.69 Å². The number of nitrogens with zero attached hydrogens (tertiary/aromatic N) is 4. The smallest absolute Gasteiger partial charge is 0.258 e. The van der Waals surface area contributed by atoms with Gasteiger partial charge in [-0.05, 0) is 42.2 Å². The van der Waals surface area contributed by atoms with Gasteiger partial charge in [-0.15, -0.1) is 0 Å². The minimum absolute atomic E-state index is 0.186. The van der Waals surface area contributed by atoms with Gasteiger partial charge in [-0.3, -0.25) is 14.3 Å². The number of hydrogen-bond donors (Lipinski definition) is 1. The molecule has 4 heterocycles. The average Bonchev–Trinajstić information content (AvgIpc) is 3.13. The normalized spacial score (nSPS) is 22.4. The van der Waals surface area contributed by atoms with E-state index in [-0.39, 0.29) is 12.2 Å². The van der Waals surface area contributed by atoms with Crippen molar-refractivity contribution in [1.82, 2.24) is 14.5 Å². The standard InChI is InChI=1S/C21H20ClN5O2/c22-13-1-2-14(24-8-13)12-29-16-5-6-27(20(28)7-16)15-3-4-19(25-9-15)26-10-17-18(11-26)21(17)23/h1-9,17-18,21H,10-12,23H2. The van der Waals surface area contributed by atoms with Crippen LogP contribution in [0, 0.1) is 11.8 Å². The number of pyridine rings is 3. The summed E-state index contributed by atoms with van der Waals surface area (Å²) in [5, 5.41) is 0.570. The lowest BCUT2D eigenvalue weighted by Gasteiger charge is -2.20. The van der Waals surface area contributed by atoms with E-state index in [0.717, 1.165) is 24.6 Å². The van der Waals surface area contributed by atoms with Gasteiger partial charge < -0.3 is 15.4 Å². The van der Waals surface area contributed by atoms with Crippen molar-refractivity contribution in [1.29, 1.82) is 0 Å². The summed E-state index contributed by atoms with van der Waals surface area (Å²) >= 11 is 5.83. The second-order valence-corrected chi connectivity index (χ2v) is 7.95. The van der Waals surface area contributed by atoms with Crippen LogP contribution in [0.4, 0.5) is 5.82 Å². The summed E-state index contributed by atoms with van der Waals surface area (Å²) in [7, 11) is 0. The van der Waals surface area contributed by atoms with Crippen molar-refractivity contribution in [3.05, 3.63) is 76.1 Å². The van der Waals surface area contributed by atoms with Crippen molar-refractivity contribution in [2.75, 3.05) is 18.0 Å². The fraction of sp³-hybridized carbons (Fsp3) is 0.286. The number of nitrogens with two attached hydrogens (primary N) is 1. The maximum atomic E-state index is 12.5. The number of anilines is 1. The molecule has 2 N–H and O–H groups in total. The van der Waals surface area contributed by atoms with E-state index in [1.165, 1.54) is 6.07 Å². The molecule has 0 amide bonds. The first-order chi connectivity index (χ1) is 14.1. The first-order valence-electron chi connectivity index (χ1n) is 9.51. The quantitative estimate of drug-likeness (QED) is 0.695. The molecule has 2 fully saturated rings. The Balaban J connectivity index is 1.26. The molecule has 7 nitrogen and oxygen atoms in total. The van der Waals surface area contributed by atoms with Gasteiger partial charge in [0, 0.05) is 37.6 Å². The van der Waals surface area contributed by atoms with E-state index in [9.17, 15) is 4.79 Å². The highest BCUT2D eigenvalue weighted by atomic mass is 35.5. The van der Waals surface area contributed by atoms with Crippen LogP contribution in [0.3, 0.4) is 0 Å². The fourth-order valence-corrected chi connectivity index (χ4v) is 3.99. The topological polar surface area (TPSA) is 86.3 Å². The van der Waals surface area contributed by atoms with Crippen molar-refractivity contribution in [3.8, 4) is 11.4 Å².